The fourth-order valence-corrected chi connectivity index (χ4v) is 2.81. The van der Waals surface area contributed by atoms with Crippen LogP contribution in [0.15, 0.2) is 42.5 Å². The molecule has 0 bridgehead atoms. The van der Waals surface area contributed by atoms with Crippen LogP contribution < -0.4 is 4.74 Å². The first-order valence-corrected chi connectivity index (χ1v) is 6.87. The summed E-state index contributed by atoms with van der Waals surface area (Å²) in [4.78, 5) is 12.0. The van der Waals surface area contributed by atoms with E-state index < -0.39 is 6.36 Å². The molecule has 2 aromatic rings. The van der Waals surface area contributed by atoms with Gasteiger partial charge in [0, 0.05) is 11.5 Å². The molecule has 0 spiro atoms. The number of carbonyl (C=O) groups excluding carboxylic acids is 1. The average Bonchev–Trinajstić information content (AvgIpc) is 2.74. The molecule has 0 saturated heterocycles. The van der Waals surface area contributed by atoms with Crippen LogP contribution in [0.5, 0.6) is 5.75 Å². The van der Waals surface area contributed by atoms with E-state index in [1.165, 1.54) is 12.1 Å². The van der Waals surface area contributed by atoms with Crippen molar-refractivity contribution in [1.82, 2.24) is 0 Å². The molecular formula is C17H13F3O2. The maximum absolute atomic E-state index is 12.2. The quantitative estimate of drug-likeness (QED) is 0.809. The van der Waals surface area contributed by atoms with E-state index in [-0.39, 0.29) is 17.5 Å². The number of ether oxygens (including phenoxy) is 1. The molecule has 0 aromatic heterocycles. The molecule has 0 radical (unpaired) electrons. The van der Waals surface area contributed by atoms with E-state index in [4.69, 9.17) is 0 Å². The van der Waals surface area contributed by atoms with E-state index in [1.54, 1.807) is 24.3 Å². The number of hydrogen-bond donors (Lipinski definition) is 0. The second-order valence-corrected chi connectivity index (χ2v) is 5.37. The molecule has 1 atom stereocenters. The van der Waals surface area contributed by atoms with Crippen molar-refractivity contribution in [2.24, 2.45) is 5.92 Å². The second kappa shape index (κ2) is 5.16. The van der Waals surface area contributed by atoms with E-state index in [2.05, 4.69) is 4.74 Å². The summed E-state index contributed by atoms with van der Waals surface area (Å²) < 4.78 is 40.4. The molecule has 22 heavy (non-hydrogen) atoms. The van der Waals surface area contributed by atoms with Gasteiger partial charge in [-0.3, -0.25) is 4.79 Å². The van der Waals surface area contributed by atoms with Crippen molar-refractivity contribution in [2.75, 3.05) is 0 Å². The maximum atomic E-state index is 12.2. The number of Topliss-reactive ketones (excluding diaryl/α,β-unsaturated/α-hetero) is 1. The van der Waals surface area contributed by atoms with Crippen molar-refractivity contribution >= 4 is 5.78 Å². The summed E-state index contributed by atoms with van der Waals surface area (Å²) in [6, 6.07) is 11.2. The molecule has 1 unspecified atom stereocenters. The fraction of sp³-hybridized carbons (Fsp3) is 0.235. The van der Waals surface area contributed by atoms with Gasteiger partial charge in [-0.05, 0) is 35.2 Å². The van der Waals surface area contributed by atoms with Crippen LogP contribution in [0, 0.1) is 5.92 Å². The van der Waals surface area contributed by atoms with Gasteiger partial charge in [0.15, 0.2) is 5.78 Å². The third-order valence-corrected chi connectivity index (χ3v) is 3.80. The largest absolute Gasteiger partial charge is 0.573 e. The molecule has 0 saturated carbocycles. The zero-order chi connectivity index (χ0) is 15.9. The lowest BCUT2D eigenvalue weighted by Gasteiger charge is -2.11. The first-order valence-electron chi connectivity index (χ1n) is 6.87. The van der Waals surface area contributed by atoms with Gasteiger partial charge >= 0.3 is 6.36 Å². The highest BCUT2D eigenvalue weighted by molar-refractivity contribution is 6.03. The van der Waals surface area contributed by atoms with Gasteiger partial charge in [-0.25, -0.2) is 0 Å². The Bertz CT molecular complexity index is 718. The summed E-state index contributed by atoms with van der Waals surface area (Å²) in [6.45, 7) is 1.88. The molecule has 5 heteroatoms. The molecule has 114 valence electrons. The van der Waals surface area contributed by atoms with Crippen LogP contribution in [0.2, 0.25) is 0 Å². The van der Waals surface area contributed by atoms with Gasteiger partial charge in [-0.2, -0.15) is 0 Å². The summed E-state index contributed by atoms with van der Waals surface area (Å²) >= 11 is 0. The Kier molecular flexibility index (Phi) is 3.43. The number of alkyl halides is 3. The molecule has 2 nitrogen and oxygen atoms in total. The number of fused-ring (bicyclic) bond motifs is 1. The Morgan fingerprint density at radius 1 is 1.05 bits per heavy atom. The van der Waals surface area contributed by atoms with Gasteiger partial charge in [0.1, 0.15) is 5.75 Å². The Labute approximate surface area is 125 Å². The van der Waals surface area contributed by atoms with Crippen molar-refractivity contribution in [2.45, 2.75) is 19.7 Å². The minimum absolute atomic E-state index is 0.0519. The lowest BCUT2D eigenvalue weighted by Crippen LogP contribution is -2.16. The van der Waals surface area contributed by atoms with Crippen LogP contribution in [-0.2, 0) is 6.42 Å². The molecule has 2 aromatic carbocycles. The summed E-state index contributed by atoms with van der Waals surface area (Å²) in [7, 11) is 0. The summed E-state index contributed by atoms with van der Waals surface area (Å²) in [5.41, 5.74) is 3.33. The van der Waals surface area contributed by atoms with Crippen LogP contribution >= 0.6 is 0 Å². The van der Waals surface area contributed by atoms with Gasteiger partial charge < -0.3 is 4.74 Å². The highest BCUT2D eigenvalue weighted by Crippen LogP contribution is 2.35. The lowest BCUT2D eigenvalue weighted by molar-refractivity contribution is -0.274. The molecule has 0 amide bonds. The molecule has 1 aliphatic rings. The van der Waals surface area contributed by atoms with Crippen molar-refractivity contribution in [3.8, 4) is 16.9 Å². The van der Waals surface area contributed by atoms with E-state index >= 15 is 0 Å². The van der Waals surface area contributed by atoms with Crippen molar-refractivity contribution < 1.29 is 22.7 Å². The summed E-state index contributed by atoms with van der Waals surface area (Å²) in [5.74, 6) is -0.189. The van der Waals surface area contributed by atoms with Gasteiger partial charge in [0.25, 0.3) is 0 Å². The number of ketones is 1. The Balaban J connectivity index is 1.95. The average molecular weight is 306 g/mol. The van der Waals surface area contributed by atoms with Gasteiger partial charge in [0.05, 0.1) is 0 Å². The standard InChI is InChI=1S/C17H13F3O2/c1-10-9-15-13(3-2-4-14(15)16(10)21)11-5-7-12(8-6-11)22-17(18,19)20/h2-8,10H,9H2,1H3. The van der Waals surface area contributed by atoms with Gasteiger partial charge in [-0.15, -0.1) is 13.2 Å². The van der Waals surface area contributed by atoms with E-state index in [0.717, 1.165) is 16.7 Å². The highest BCUT2D eigenvalue weighted by Gasteiger charge is 2.31. The number of benzene rings is 2. The molecule has 1 aliphatic carbocycles. The maximum Gasteiger partial charge on any atom is 0.573 e. The predicted octanol–water partition coefficient (Wildman–Crippen LogP) is 4.63. The summed E-state index contributed by atoms with van der Waals surface area (Å²) in [6.07, 6.45) is -4.04. The smallest absolute Gasteiger partial charge is 0.406 e. The second-order valence-electron chi connectivity index (χ2n) is 5.37. The van der Waals surface area contributed by atoms with E-state index in [9.17, 15) is 18.0 Å². The monoisotopic (exact) mass is 306 g/mol. The normalized spacial score (nSPS) is 17.5. The fourth-order valence-electron chi connectivity index (χ4n) is 2.81. The Hall–Kier alpha value is -2.30. The van der Waals surface area contributed by atoms with Crippen LogP contribution in [0.3, 0.4) is 0 Å². The Morgan fingerprint density at radius 2 is 1.68 bits per heavy atom. The van der Waals surface area contributed by atoms with Crippen LogP contribution in [0.25, 0.3) is 11.1 Å². The minimum Gasteiger partial charge on any atom is -0.406 e. The number of halogens is 3. The zero-order valence-electron chi connectivity index (χ0n) is 11.8. The van der Waals surface area contributed by atoms with Crippen molar-refractivity contribution in [1.29, 1.82) is 0 Å². The third kappa shape index (κ3) is 2.71. The molecule has 0 fully saturated rings. The molecule has 0 N–H and O–H groups in total. The van der Waals surface area contributed by atoms with Crippen LogP contribution in [-0.4, -0.2) is 12.1 Å². The van der Waals surface area contributed by atoms with Gasteiger partial charge in [-0.1, -0.05) is 37.3 Å². The van der Waals surface area contributed by atoms with Gasteiger partial charge in [0.2, 0.25) is 0 Å². The zero-order valence-corrected chi connectivity index (χ0v) is 11.8. The van der Waals surface area contributed by atoms with Crippen LogP contribution in [0.4, 0.5) is 13.2 Å². The summed E-state index contributed by atoms with van der Waals surface area (Å²) in [5, 5.41) is 0. The third-order valence-electron chi connectivity index (χ3n) is 3.80. The van der Waals surface area contributed by atoms with Crippen LogP contribution in [0.1, 0.15) is 22.8 Å². The predicted molar refractivity (Wildman–Crippen MR) is 75.8 cm³/mol. The lowest BCUT2D eigenvalue weighted by atomic mass is 9.96. The Morgan fingerprint density at radius 3 is 2.32 bits per heavy atom. The van der Waals surface area contributed by atoms with E-state index in [0.29, 0.717) is 12.0 Å². The molecule has 0 heterocycles. The molecule has 0 aliphatic heterocycles. The minimum atomic E-state index is -4.70. The first-order chi connectivity index (χ1) is 10.3. The number of rotatable bonds is 2. The van der Waals surface area contributed by atoms with Crippen molar-refractivity contribution in [3.05, 3.63) is 53.6 Å². The number of carbonyl (C=O) groups is 1. The number of hydrogen-bond acceptors (Lipinski definition) is 2. The topological polar surface area (TPSA) is 26.3 Å². The highest BCUT2D eigenvalue weighted by atomic mass is 19.4. The van der Waals surface area contributed by atoms with E-state index in [1.807, 2.05) is 13.0 Å². The SMILES string of the molecule is CC1Cc2c(cccc2-c2ccc(OC(F)(F)F)cc2)C1=O. The molecular weight excluding hydrogens is 293 g/mol. The molecule has 3 rings (SSSR count). The first kappa shape index (κ1) is 14.6. The van der Waals surface area contributed by atoms with Crippen molar-refractivity contribution in [3.63, 3.8) is 0 Å².